The van der Waals surface area contributed by atoms with Crippen LogP contribution in [0.15, 0.2) is 40.0 Å². The molecule has 28 heavy (non-hydrogen) atoms. The van der Waals surface area contributed by atoms with Crippen LogP contribution in [0.1, 0.15) is 58.4 Å². The summed E-state index contributed by atoms with van der Waals surface area (Å²) in [6, 6.07) is 8.88. The van der Waals surface area contributed by atoms with E-state index < -0.39 is 0 Å². The molecular weight excluding hydrogens is 364 g/mol. The molecule has 0 atom stereocenters. The first kappa shape index (κ1) is 22.2. The van der Waals surface area contributed by atoms with Crippen molar-refractivity contribution in [3.63, 3.8) is 0 Å². The number of halogens is 1. The zero-order valence-corrected chi connectivity index (χ0v) is 19.3. The van der Waals surface area contributed by atoms with E-state index >= 15 is 0 Å². The van der Waals surface area contributed by atoms with Crippen LogP contribution >= 0.6 is 11.6 Å². The maximum atomic E-state index is 6.61. The monoisotopic (exact) mass is 396 g/mol. The van der Waals surface area contributed by atoms with E-state index in [4.69, 9.17) is 16.6 Å². The molecule has 2 aromatic carbocycles. The standard InChI is InChI=1S/C25H33ClN2/c1-15-9-17(3)23(18(4)10-15)13-27-21(7)25(26)22(8)28-14-24-19(5)11-16(2)12-20(24)6/h9-12,27H,13-14H2,1-8H3/b25-21-,28-22?. The summed E-state index contributed by atoms with van der Waals surface area (Å²) >= 11 is 6.61. The Labute approximate surface area is 175 Å². The molecule has 0 aliphatic heterocycles. The first-order chi connectivity index (χ1) is 13.1. The van der Waals surface area contributed by atoms with Crippen molar-refractivity contribution in [2.75, 3.05) is 0 Å². The fourth-order valence-electron chi connectivity index (χ4n) is 3.79. The van der Waals surface area contributed by atoms with E-state index in [0.717, 1.165) is 18.0 Å². The minimum atomic E-state index is 0.656. The first-order valence-corrected chi connectivity index (χ1v) is 10.2. The Bertz CT molecular complexity index is 890. The smallest absolute Gasteiger partial charge is 0.0799 e. The molecule has 0 heterocycles. The average Bonchev–Trinajstić information content (AvgIpc) is 2.58. The van der Waals surface area contributed by atoms with Crippen molar-refractivity contribution in [2.45, 2.75) is 68.5 Å². The molecule has 0 saturated heterocycles. The van der Waals surface area contributed by atoms with Gasteiger partial charge in [-0.3, -0.25) is 4.99 Å². The number of hydrogen-bond donors (Lipinski definition) is 1. The van der Waals surface area contributed by atoms with Gasteiger partial charge in [-0.2, -0.15) is 0 Å². The lowest BCUT2D eigenvalue weighted by molar-refractivity contribution is 0.799. The zero-order chi connectivity index (χ0) is 21.0. The van der Waals surface area contributed by atoms with E-state index in [1.54, 1.807) is 0 Å². The quantitative estimate of drug-likeness (QED) is 0.536. The van der Waals surface area contributed by atoms with Crippen LogP contribution in [0.2, 0.25) is 0 Å². The number of rotatable bonds is 6. The summed E-state index contributed by atoms with van der Waals surface area (Å²) in [7, 11) is 0. The first-order valence-electron chi connectivity index (χ1n) is 9.85. The third-order valence-corrected chi connectivity index (χ3v) is 5.89. The van der Waals surface area contributed by atoms with E-state index in [-0.39, 0.29) is 0 Å². The zero-order valence-electron chi connectivity index (χ0n) is 18.5. The number of nitrogens with zero attached hydrogens (tertiary/aromatic N) is 1. The number of benzene rings is 2. The molecule has 150 valence electrons. The van der Waals surface area contributed by atoms with Crippen molar-refractivity contribution in [3.8, 4) is 0 Å². The fraction of sp³-hybridized carbons (Fsp3) is 0.400. The predicted octanol–water partition coefficient (Wildman–Crippen LogP) is 6.76. The molecule has 2 nitrogen and oxygen atoms in total. The summed E-state index contributed by atoms with van der Waals surface area (Å²) in [6.07, 6.45) is 0. The molecule has 0 unspecified atom stereocenters. The molecule has 1 N–H and O–H groups in total. The van der Waals surface area contributed by atoms with Crippen molar-refractivity contribution in [2.24, 2.45) is 4.99 Å². The highest BCUT2D eigenvalue weighted by Gasteiger charge is 2.08. The van der Waals surface area contributed by atoms with Crippen molar-refractivity contribution in [1.82, 2.24) is 5.32 Å². The van der Waals surface area contributed by atoms with E-state index in [2.05, 4.69) is 71.1 Å². The molecule has 0 spiro atoms. The Hall–Kier alpha value is -2.06. The topological polar surface area (TPSA) is 24.4 Å². The highest BCUT2D eigenvalue weighted by atomic mass is 35.5. The summed E-state index contributed by atoms with van der Waals surface area (Å²) in [5, 5.41) is 4.17. The van der Waals surface area contributed by atoms with Crippen LogP contribution in [-0.2, 0) is 13.1 Å². The van der Waals surface area contributed by atoms with E-state index in [9.17, 15) is 0 Å². The van der Waals surface area contributed by atoms with Gasteiger partial charge in [0.15, 0.2) is 0 Å². The minimum absolute atomic E-state index is 0.656. The summed E-state index contributed by atoms with van der Waals surface area (Å²) in [5.74, 6) is 0. The molecule has 0 aliphatic rings. The fourth-order valence-corrected chi connectivity index (χ4v) is 3.91. The number of allylic oxidation sites excluding steroid dienone is 2. The third-order valence-electron chi connectivity index (χ3n) is 5.33. The van der Waals surface area contributed by atoms with Crippen molar-refractivity contribution in [1.29, 1.82) is 0 Å². The van der Waals surface area contributed by atoms with Gasteiger partial charge in [0.05, 0.1) is 17.3 Å². The second kappa shape index (κ2) is 9.43. The summed E-state index contributed by atoms with van der Waals surface area (Å²) in [4.78, 5) is 4.76. The molecule has 0 amide bonds. The lowest BCUT2D eigenvalue weighted by Gasteiger charge is -2.15. The van der Waals surface area contributed by atoms with Crippen LogP contribution < -0.4 is 5.32 Å². The van der Waals surface area contributed by atoms with Gasteiger partial charge in [-0.1, -0.05) is 47.0 Å². The number of hydrogen-bond acceptors (Lipinski definition) is 2. The molecule has 0 bridgehead atoms. The van der Waals surface area contributed by atoms with Crippen LogP contribution in [0.4, 0.5) is 0 Å². The van der Waals surface area contributed by atoms with Gasteiger partial charge in [-0.15, -0.1) is 0 Å². The van der Waals surface area contributed by atoms with Crippen LogP contribution in [0, 0.1) is 41.5 Å². The summed E-state index contributed by atoms with van der Waals surface area (Å²) in [6.45, 7) is 18.3. The largest absolute Gasteiger partial charge is 0.383 e. The molecule has 2 rings (SSSR count). The van der Waals surface area contributed by atoms with Gasteiger partial charge in [0.1, 0.15) is 0 Å². The SMILES string of the molecule is CC(=NCc1c(C)cc(C)cc1C)/C(Cl)=C(\C)NCc1c(C)cc(C)cc1C. The van der Waals surface area contributed by atoms with Gasteiger partial charge in [0.2, 0.25) is 0 Å². The Morgan fingerprint density at radius 1 is 0.786 bits per heavy atom. The van der Waals surface area contributed by atoms with Crippen LogP contribution in [0.3, 0.4) is 0 Å². The highest BCUT2D eigenvalue weighted by molar-refractivity contribution is 6.43. The predicted molar refractivity (Wildman–Crippen MR) is 124 cm³/mol. The van der Waals surface area contributed by atoms with Crippen LogP contribution in [0.25, 0.3) is 0 Å². The third kappa shape index (κ3) is 5.48. The molecule has 0 aliphatic carbocycles. The van der Waals surface area contributed by atoms with Crippen molar-refractivity contribution in [3.05, 3.63) is 79.5 Å². The maximum Gasteiger partial charge on any atom is 0.0799 e. The number of aliphatic imine (C=N–C) groups is 1. The van der Waals surface area contributed by atoms with Gasteiger partial charge in [0.25, 0.3) is 0 Å². The van der Waals surface area contributed by atoms with Gasteiger partial charge in [-0.05, 0) is 88.8 Å². The Kier molecular flexibility index (Phi) is 7.48. The molecule has 0 aromatic heterocycles. The molecular formula is C25H33ClN2. The van der Waals surface area contributed by atoms with Crippen molar-refractivity contribution < 1.29 is 0 Å². The van der Waals surface area contributed by atoms with Crippen LogP contribution in [-0.4, -0.2) is 5.71 Å². The second-order valence-electron chi connectivity index (χ2n) is 7.95. The van der Waals surface area contributed by atoms with Gasteiger partial charge < -0.3 is 5.32 Å². The van der Waals surface area contributed by atoms with Gasteiger partial charge >= 0.3 is 0 Å². The molecule has 3 heteroatoms. The summed E-state index contributed by atoms with van der Waals surface area (Å²) in [5.41, 5.74) is 12.2. The molecule has 2 aromatic rings. The second-order valence-corrected chi connectivity index (χ2v) is 8.33. The minimum Gasteiger partial charge on any atom is -0.383 e. The average molecular weight is 397 g/mol. The maximum absolute atomic E-state index is 6.61. The van der Waals surface area contributed by atoms with Crippen LogP contribution in [0.5, 0.6) is 0 Å². The van der Waals surface area contributed by atoms with E-state index in [0.29, 0.717) is 11.6 Å². The molecule has 0 radical (unpaired) electrons. The lowest BCUT2D eigenvalue weighted by Crippen LogP contribution is -2.15. The Morgan fingerprint density at radius 2 is 1.21 bits per heavy atom. The number of nitrogens with one attached hydrogen (secondary N) is 1. The Morgan fingerprint density at radius 3 is 1.68 bits per heavy atom. The van der Waals surface area contributed by atoms with Gasteiger partial charge in [-0.25, -0.2) is 0 Å². The highest BCUT2D eigenvalue weighted by Crippen LogP contribution is 2.20. The number of aryl methyl sites for hydroxylation is 6. The lowest BCUT2D eigenvalue weighted by atomic mass is 10.00. The summed E-state index contributed by atoms with van der Waals surface area (Å²) < 4.78 is 0. The molecule has 0 fully saturated rings. The van der Waals surface area contributed by atoms with E-state index in [1.807, 2.05) is 13.8 Å². The van der Waals surface area contributed by atoms with Crippen molar-refractivity contribution >= 4 is 17.3 Å². The molecule has 0 saturated carbocycles. The normalized spacial score (nSPS) is 12.8. The Balaban J connectivity index is 2.13. The van der Waals surface area contributed by atoms with E-state index in [1.165, 1.54) is 44.5 Å². The van der Waals surface area contributed by atoms with Gasteiger partial charge in [0, 0.05) is 12.2 Å².